The monoisotopic (exact) mass is 300 g/mol. The van der Waals surface area contributed by atoms with Crippen LogP contribution in [0.25, 0.3) is 0 Å². The average molecular weight is 300 g/mol. The molecule has 0 radical (unpaired) electrons. The molecule has 3 heteroatoms. The van der Waals surface area contributed by atoms with Crippen LogP contribution in [-0.4, -0.2) is 16.9 Å². The SMILES string of the molecule is C#CCC1=C(C)[C@H]([C@]2(C(=O)O)[C@@H](C=C(C)C)C2(C)C)CC1=O. The zero-order valence-corrected chi connectivity index (χ0v) is 14.0. The van der Waals surface area contributed by atoms with Gasteiger partial charge in [0, 0.05) is 30.3 Å². The van der Waals surface area contributed by atoms with Gasteiger partial charge in [0.25, 0.3) is 0 Å². The van der Waals surface area contributed by atoms with Crippen molar-refractivity contribution in [2.75, 3.05) is 0 Å². The molecule has 0 aromatic heterocycles. The maximum absolute atomic E-state index is 12.3. The van der Waals surface area contributed by atoms with Gasteiger partial charge in [0.2, 0.25) is 0 Å². The largest absolute Gasteiger partial charge is 0.481 e. The van der Waals surface area contributed by atoms with Crippen LogP contribution in [0.3, 0.4) is 0 Å². The summed E-state index contributed by atoms with van der Waals surface area (Å²) in [4.78, 5) is 24.5. The number of ketones is 1. The van der Waals surface area contributed by atoms with Gasteiger partial charge < -0.3 is 5.11 Å². The Kier molecular flexibility index (Phi) is 3.85. The fourth-order valence-corrected chi connectivity index (χ4v) is 4.47. The first kappa shape index (κ1) is 16.5. The quantitative estimate of drug-likeness (QED) is 0.637. The van der Waals surface area contributed by atoms with E-state index in [-0.39, 0.29) is 29.5 Å². The van der Waals surface area contributed by atoms with Gasteiger partial charge in [0.05, 0.1) is 5.41 Å². The second-order valence-electron chi connectivity index (χ2n) is 7.34. The molecule has 0 heterocycles. The summed E-state index contributed by atoms with van der Waals surface area (Å²) in [6, 6.07) is 0. The maximum Gasteiger partial charge on any atom is 0.311 e. The summed E-state index contributed by atoms with van der Waals surface area (Å²) in [5.41, 5.74) is 1.36. The van der Waals surface area contributed by atoms with Crippen LogP contribution < -0.4 is 0 Å². The van der Waals surface area contributed by atoms with Gasteiger partial charge in [0.1, 0.15) is 0 Å². The Morgan fingerprint density at radius 1 is 1.45 bits per heavy atom. The summed E-state index contributed by atoms with van der Waals surface area (Å²) in [6.45, 7) is 9.81. The van der Waals surface area contributed by atoms with E-state index in [1.54, 1.807) is 0 Å². The maximum atomic E-state index is 12.3. The fourth-order valence-electron chi connectivity index (χ4n) is 4.47. The highest BCUT2D eigenvalue weighted by atomic mass is 16.4. The van der Waals surface area contributed by atoms with E-state index >= 15 is 0 Å². The minimum atomic E-state index is -0.902. The minimum absolute atomic E-state index is 0.0136. The van der Waals surface area contributed by atoms with Gasteiger partial charge >= 0.3 is 5.97 Å². The van der Waals surface area contributed by atoms with Gasteiger partial charge in [-0.1, -0.05) is 31.1 Å². The predicted octanol–water partition coefficient (Wildman–Crippen LogP) is 3.61. The molecule has 0 aliphatic heterocycles. The standard InChI is InChI=1S/C19H24O3/c1-7-8-13-12(4)14(10-15(13)20)19(17(21)22)16(9-11(2)3)18(19,5)6/h1,9,14,16H,8,10H2,2-6H3,(H,21,22)/t14-,16+,19-/m1/s1. The van der Waals surface area contributed by atoms with Crippen LogP contribution in [0, 0.1) is 35.0 Å². The van der Waals surface area contributed by atoms with Gasteiger partial charge in [0.15, 0.2) is 5.78 Å². The molecule has 2 aliphatic rings. The second-order valence-corrected chi connectivity index (χ2v) is 7.34. The average Bonchev–Trinajstić information content (AvgIpc) is 2.73. The number of Topliss-reactive ketones (excluding diaryl/α,β-unsaturated/α-hetero) is 1. The van der Waals surface area contributed by atoms with Crippen LogP contribution >= 0.6 is 0 Å². The van der Waals surface area contributed by atoms with Crippen molar-refractivity contribution in [3.63, 3.8) is 0 Å². The van der Waals surface area contributed by atoms with Crippen molar-refractivity contribution in [3.05, 3.63) is 22.8 Å². The van der Waals surface area contributed by atoms with Crippen molar-refractivity contribution in [2.45, 2.75) is 47.5 Å². The van der Waals surface area contributed by atoms with Crippen LogP contribution in [0.1, 0.15) is 47.5 Å². The first-order chi connectivity index (χ1) is 10.1. The fraction of sp³-hybridized carbons (Fsp3) is 0.579. The first-order valence-electron chi connectivity index (χ1n) is 7.67. The van der Waals surface area contributed by atoms with Gasteiger partial charge in [-0.3, -0.25) is 9.59 Å². The molecule has 0 aromatic rings. The zero-order valence-electron chi connectivity index (χ0n) is 14.0. The summed E-state index contributed by atoms with van der Waals surface area (Å²) >= 11 is 0. The summed E-state index contributed by atoms with van der Waals surface area (Å²) in [7, 11) is 0. The lowest BCUT2D eigenvalue weighted by Crippen LogP contribution is -2.31. The number of carboxylic acids is 1. The molecule has 2 aliphatic carbocycles. The van der Waals surface area contributed by atoms with Crippen LogP contribution in [-0.2, 0) is 9.59 Å². The second kappa shape index (κ2) is 5.12. The Bertz CT molecular complexity index is 638. The smallest absolute Gasteiger partial charge is 0.311 e. The van der Waals surface area contributed by atoms with Crippen molar-refractivity contribution in [3.8, 4) is 12.3 Å². The van der Waals surface area contributed by atoms with E-state index in [0.717, 1.165) is 11.1 Å². The lowest BCUT2D eigenvalue weighted by Gasteiger charge is -2.24. The van der Waals surface area contributed by atoms with Crippen molar-refractivity contribution in [1.82, 2.24) is 0 Å². The van der Waals surface area contributed by atoms with Crippen molar-refractivity contribution < 1.29 is 14.7 Å². The number of allylic oxidation sites excluding steroid dienone is 4. The Labute approximate surface area is 132 Å². The number of carbonyl (C=O) groups is 2. The molecule has 1 N–H and O–H groups in total. The third kappa shape index (κ3) is 1.97. The molecule has 1 fully saturated rings. The summed E-state index contributed by atoms with van der Waals surface area (Å²) in [5.74, 6) is 1.42. The first-order valence-corrected chi connectivity index (χ1v) is 7.67. The van der Waals surface area contributed by atoms with E-state index in [9.17, 15) is 14.7 Å². The number of hydrogen-bond donors (Lipinski definition) is 1. The normalized spacial score (nSPS) is 32.6. The molecule has 3 atom stereocenters. The number of hydrogen-bond acceptors (Lipinski definition) is 2. The van der Waals surface area contributed by atoms with Crippen LogP contribution in [0.2, 0.25) is 0 Å². The zero-order chi connectivity index (χ0) is 16.9. The van der Waals surface area contributed by atoms with Gasteiger partial charge in [-0.25, -0.2) is 0 Å². The molecule has 0 saturated heterocycles. The molecular formula is C19H24O3. The lowest BCUT2D eigenvalue weighted by atomic mass is 9.78. The van der Waals surface area contributed by atoms with Gasteiger partial charge in [-0.2, -0.15) is 0 Å². The van der Waals surface area contributed by atoms with Gasteiger partial charge in [-0.05, 0) is 26.2 Å². The van der Waals surface area contributed by atoms with E-state index in [4.69, 9.17) is 6.42 Å². The Balaban J connectivity index is 2.53. The summed E-state index contributed by atoms with van der Waals surface area (Å²) < 4.78 is 0. The molecule has 22 heavy (non-hydrogen) atoms. The Morgan fingerprint density at radius 3 is 2.50 bits per heavy atom. The van der Waals surface area contributed by atoms with Crippen LogP contribution in [0.5, 0.6) is 0 Å². The van der Waals surface area contributed by atoms with E-state index in [1.165, 1.54) is 0 Å². The predicted molar refractivity (Wildman–Crippen MR) is 86.0 cm³/mol. The van der Waals surface area contributed by atoms with Crippen LogP contribution in [0.15, 0.2) is 22.8 Å². The molecule has 0 bridgehead atoms. The number of carboxylic acid groups (broad SMARTS) is 1. The van der Waals surface area contributed by atoms with Crippen molar-refractivity contribution in [1.29, 1.82) is 0 Å². The van der Waals surface area contributed by atoms with E-state index in [1.807, 2.05) is 40.7 Å². The third-order valence-electron chi connectivity index (χ3n) is 5.66. The highest BCUT2D eigenvalue weighted by Crippen LogP contribution is 2.75. The molecular weight excluding hydrogens is 276 g/mol. The Morgan fingerprint density at radius 2 is 2.05 bits per heavy atom. The molecule has 1 saturated carbocycles. The number of aliphatic carboxylic acids is 1. The highest BCUT2D eigenvalue weighted by Gasteiger charge is 2.78. The number of carbonyl (C=O) groups excluding carboxylic acids is 1. The summed E-state index contributed by atoms with van der Waals surface area (Å²) in [6.07, 6.45) is 7.96. The van der Waals surface area contributed by atoms with Crippen molar-refractivity contribution in [2.24, 2.45) is 22.7 Å². The van der Waals surface area contributed by atoms with Crippen molar-refractivity contribution >= 4 is 11.8 Å². The molecule has 0 spiro atoms. The molecule has 3 nitrogen and oxygen atoms in total. The lowest BCUT2D eigenvalue weighted by molar-refractivity contribution is -0.147. The van der Waals surface area contributed by atoms with E-state index in [0.29, 0.717) is 12.0 Å². The van der Waals surface area contributed by atoms with E-state index < -0.39 is 11.4 Å². The van der Waals surface area contributed by atoms with Crippen LogP contribution in [0.4, 0.5) is 0 Å². The third-order valence-corrected chi connectivity index (χ3v) is 5.66. The topological polar surface area (TPSA) is 54.4 Å². The Hall–Kier alpha value is -1.82. The minimum Gasteiger partial charge on any atom is -0.481 e. The number of terminal acetylenes is 1. The molecule has 0 amide bonds. The number of rotatable bonds is 4. The molecule has 118 valence electrons. The summed E-state index contributed by atoms with van der Waals surface area (Å²) in [5, 5.41) is 10.00. The van der Waals surface area contributed by atoms with Gasteiger partial charge in [-0.15, -0.1) is 12.3 Å². The molecule has 0 unspecified atom stereocenters. The van der Waals surface area contributed by atoms with E-state index in [2.05, 4.69) is 5.92 Å². The molecule has 2 rings (SSSR count). The molecule has 0 aromatic carbocycles. The highest BCUT2D eigenvalue weighted by molar-refractivity contribution is 6.01.